The molecule has 0 spiro atoms. The number of hydrogen-bond donors (Lipinski definition) is 1. The third-order valence-corrected chi connectivity index (χ3v) is 4.29. The number of imide groups is 1. The highest BCUT2D eigenvalue weighted by molar-refractivity contribution is 6.11. The van der Waals surface area contributed by atoms with E-state index >= 15 is 0 Å². The second kappa shape index (κ2) is 8.17. The first-order valence-electron chi connectivity index (χ1n) is 8.64. The first kappa shape index (κ1) is 20.1. The summed E-state index contributed by atoms with van der Waals surface area (Å²) in [5.74, 6) is -4.81. The lowest BCUT2D eigenvalue weighted by Gasteiger charge is -2.26. The molecule has 2 aromatic rings. The number of fused-ring (bicyclic) bond motifs is 1. The Morgan fingerprint density at radius 2 is 1.90 bits per heavy atom. The number of nitrogens with zero attached hydrogens (tertiary/aromatic N) is 1. The molecule has 150 valence electrons. The van der Waals surface area contributed by atoms with Crippen molar-refractivity contribution in [2.75, 3.05) is 11.9 Å². The molecule has 9 heteroatoms. The quantitative estimate of drug-likeness (QED) is 0.611. The molecule has 0 saturated heterocycles. The van der Waals surface area contributed by atoms with E-state index in [-0.39, 0.29) is 12.1 Å². The van der Waals surface area contributed by atoms with Crippen LogP contribution in [0, 0.1) is 11.6 Å². The summed E-state index contributed by atoms with van der Waals surface area (Å²) in [6, 6.07) is 9.13. The van der Waals surface area contributed by atoms with Crippen molar-refractivity contribution in [3.05, 3.63) is 65.2 Å². The van der Waals surface area contributed by atoms with E-state index in [1.807, 2.05) is 0 Å². The molecular weight excluding hydrogens is 386 g/mol. The highest BCUT2D eigenvalue weighted by Crippen LogP contribution is 2.20. The predicted octanol–water partition coefficient (Wildman–Crippen LogP) is 2.06. The number of carbonyl (C=O) groups excluding carboxylic acids is 4. The van der Waals surface area contributed by atoms with Crippen LogP contribution >= 0.6 is 0 Å². The van der Waals surface area contributed by atoms with Gasteiger partial charge in [-0.3, -0.25) is 24.1 Å². The summed E-state index contributed by atoms with van der Waals surface area (Å²) < 4.78 is 31.5. The molecule has 0 aromatic heterocycles. The second-order valence-electron chi connectivity index (χ2n) is 6.36. The zero-order valence-electron chi connectivity index (χ0n) is 15.3. The Bertz CT molecular complexity index is 1010. The summed E-state index contributed by atoms with van der Waals surface area (Å²) >= 11 is 0. The molecule has 1 atom stereocenters. The van der Waals surface area contributed by atoms with Crippen LogP contribution in [0.1, 0.15) is 22.8 Å². The number of ether oxygens (including phenoxy) is 1. The van der Waals surface area contributed by atoms with Crippen molar-refractivity contribution in [1.82, 2.24) is 4.90 Å². The highest BCUT2D eigenvalue weighted by atomic mass is 19.1. The van der Waals surface area contributed by atoms with Gasteiger partial charge in [0.1, 0.15) is 18.2 Å². The Balaban J connectivity index is 1.60. The molecular formula is C20H16F2N2O5. The number of esters is 1. The van der Waals surface area contributed by atoms with Gasteiger partial charge in [-0.1, -0.05) is 18.2 Å². The minimum Gasteiger partial charge on any atom is -0.451 e. The van der Waals surface area contributed by atoms with Gasteiger partial charge in [-0.15, -0.1) is 0 Å². The molecule has 3 rings (SSSR count). The largest absolute Gasteiger partial charge is 0.451 e. The van der Waals surface area contributed by atoms with Gasteiger partial charge in [0.15, 0.2) is 6.10 Å². The Hall–Kier alpha value is -3.62. The zero-order valence-corrected chi connectivity index (χ0v) is 15.3. The van der Waals surface area contributed by atoms with Crippen LogP contribution in [0.15, 0.2) is 42.5 Å². The van der Waals surface area contributed by atoms with Gasteiger partial charge in [0.2, 0.25) is 5.91 Å². The van der Waals surface area contributed by atoms with Gasteiger partial charge >= 0.3 is 5.97 Å². The molecule has 0 bridgehead atoms. The molecule has 1 aliphatic heterocycles. The average Bonchev–Trinajstić information content (AvgIpc) is 2.67. The molecule has 0 saturated carbocycles. The summed E-state index contributed by atoms with van der Waals surface area (Å²) in [6.07, 6.45) is -1.37. The normalized spacial score (nSPS) is 14.2. The van der Waals surface area contributed by atoms with Crippen molar-refractivity contribution < 1.29 is 32.7 Å². The summed E-state index contributed by atoms with van der Waals surface area (Å²) in [6.45, 7) is 0.582. The van der Waals surface area contributed by atoms with Gasteiger partial charge in [-0.05, 0) is 30.7 Å². The van der Waals surface area contributed by atoms with Crippen LogP contribution < -0.4 is 5.32 Å². The molecule has 29 heavy (non-hydrogen) atoms. The van der Waals surface area contributed by atoms with Crippen LogP contribution in [0.4, 0.5) is 14.5 Å². The van der Waals surface area contributed by atoms with E-state index in [9.17, 15) is 28.0 Å². The maximum absolute atomic E-state index is 13.6. The Labute approximate surface area is 164 Å². The lowest BCUT2D eigenvalue weighted by Crippen LogP contribution is -2.46. The lowest BCUT2D eigenvalue weighted by atomic mass is 9.98. The molecule has 0 aliphatic carbocycles. The SMILES string of the molecule is C[C@H](OC(=O)CN1C(=O)Cc2ccccc2C1=O)C(=O)Nc1ccc(F)cc1F. The smallest absolute Gasteiger partial charge is 0.326 e. The maximum Gasteiger partial charge on any atom is 0.326 e. The molecule has 7 nitrogen and oxygen atoms in total. The minimum absolute atomic E-state index is 0.0327. The number of carbonyl (C=O) groups is 4. The number of benzene rings is 2. The van der Waals surface area contributed by atoms with Crippen molar-refractivity contribution in [2.24, 2.45) is 0 Å². The van der Waals surface area contributed by atoms with E-state index < -0.39 is 48.0 Å². The predicted molar refractivity (Wildman–Crippen MR) is 96.7 cm³/mol. The number of amides is 3. The first-order chi connectivity index (χ1) is 13.8. The standard InChI is InChI=1S/C20H16F2N2O5/c1-11(19(27)23-16-7-6-13(21)9-15(16)22)29-18(26)10-24-17(25)8-12-4-2-3-5-14(12)20(24)28/h2-7,9,11H,8,10H2,1H3,(H,23,27)/t11-/m0/s1. The molecule has 3 amide bonds. The lowest BCUT2D eigenvalue weighted by molar-refractivity contribution is -0.155. The van der Waals surface area contributed by atoms with Gasteiger partial charge in [-0.2, -0.15) is 0 Å². The van der Waals surface area contributed by atoms with E-state index in [4.69, 9.17) is 4.74 Å². The first-order valence-corrected chi connectivity index (χ1v) is 8.64. The van der Waals surface area contributed by atoms with Gasteiger partial charge in [0.05, 0.1) is 12.1 Å². The third-order valence-electron chi connectivity index (χ3n) is 4.29. The van der Waals surface area contributed by atoms with E-state index in [1.165, 1.54) is 6.92 Å². The van der Waals surface area contributed by atoms with Crippen LogP contribution in [0.25, 0.3) is 0 Å². The molecule has 1 heterocycles. The number of hydrogen-bond acceptors (Lipinski definition) is 5. The molecule has 0 radical (unpaired) electrons. The average molecular weight is 402 g/mol. The summed E-state index contributed by atoms with van der Waals surface area (Å²) in [5, 5.41) is 2.17. The molecule has 0 fully saturated rings. The van der Waals surface area contributed by atoms with E-state index in [0.29, 0.717) is 17.2 Å². The Morgan fingerprint density at radius 1 is 1.17 bits per heavy atom. The monoisotopic (exact) mass is 402 g/mol. The maximum atomic E-state index is 13.6. The van der Waals surface area contributed by atoms with Crippen molar-refractivity contribution in [3.63, 3.8) is 0 Å². The zero-order chi connectivity index (χ0) is 21.1. The van der Waals surface area contributed by atoms with Crippen molar-refractivity contribution in [1.29, 1.82) is 0 Å². The number of anilines is 1. The highest BCUT2D eigenvalue weighted by Gasteiger charge is 2.33. The molecule has 1 aliphatic rings. The molecule has 2 aromatic carbocycles. The summed E-state index contributed by atoms with van der Waals surface area (Å²) in [5.41, 5.74) is 0.607. The van der Waals surface area contributed by atoms with E-state index in [1.54, 1.807) is 24.3 Å². The van der Waals surface area contributed by atoms with Crippen molar-refractivity contribution in [2.45, 2.75) is 19.4 Å². The fourth-order valence-corrected chi connectivity index (χ4v) is 2.80. The number of nitrogens with one attached hydrogen (secondary N) is 1. The second-order valence-corrected chi connectivity index (χ2v) is 6.36. The fraction of sp³-hybridized carbons (Fsp3) is 0.200. The fourth-order valence-electron chi connectivity index (χ4n) is 2.80. The molecule has 0 unspecified atom stereocenters. The number of halogens is 2. The Morgan fingerprint density at radius 3 is 2.62 bits per heavy atom. The number of rotatable bonds is 5. The topological polar surface area (TPSA) is 92.8 Å². The minimum atomic E-state index is -1.34. The summed E-state index contributed by atoms with van der Waals surface area (Å²) in [7, 11) is 0. The van der Waals surface area contributed by atoms with Crippen LogP contribution in [-0.4, -0.2) is 41.2 Å². The van der Waals surface area contributed by atoms with Crippen LogP contribution in [0.3, 0.4) is 0 Å². The van der Waals surface area contributed by atoms with Crippen molar-refractivity contribution >= 4 is 29.4 Å². The van der Waals surface area contributed by atoms with E-state index in [2.05, 4.69) is 5.32 Å². The van der Waals surface area contributed by atoms with Gasteiger partial charge in [0, 0.05) is 11.6 Å². The van der Waals surface area contributed by atoms with Crippen LogP contribution in [0.2, 0.25) is 0 Å². The van der Waals surface area contributed by atoms with E-state index in [0.717, 1.165) is 17.0 Å². The van der Waals surface area contributed by atoms with Crippen LogP contribution in [-0.2, 0) is 25.5 Å². The molecule has 1 N–H and O–H groups in total. The third kappa shape index (κ3) is 4.45. The van der Waals surface area contributed by atoms with Crippen LogP contribution in [0.5, 0.6) is 0 Å². The van der Waals surface area contributed by atoms with Gasteiger partial charge < -0.3 is 10.1 Å². The van der Waals surface area contributed by atoms with Crippen molar-refractivity contribution in [3.8, 4) is 0 Å². The Kier molecular flexibility index (Phi) is 5.67. The van der Waals surface area contributed by atoms with Gasteiger partial charge in [-0.25, -0.2) is 8.78 Å². The summed E-state index contributed by atoms with van der Waals surface area (Å²) in [4.78, 5) is 49.6. The van der Waals surface area contributed by atoms with Gasteiger partial charge in [0.25, 0.3) is 11.8 Å².